The van der Waals surface area contributed by atoms with Crippen LogP contribution in [0.3, 0.4) is 0 Å². The molecule has 9 nitrogen and oxygen atoms in total. The fraction of sp³-hybridized carbons (Fsp3) is 0.214. The average Bonchev–Trinajstić information content (AvgIpc) is 3.22. The van der Waals surface area contributed by atoms with Gasteiger partial charge in [-0.15, -0.1) is 0 Å². The predicted octanol–water partition coefficient (Wildman–Crippen LogP) is 4.27. The van der Waals surface area contributed by atoms with E-state index < -0.39 is 35.4 Å². The second-order valence-electron chi connectivity index (χ2n) is 8.81. The van der Waals surface area contributed by atoms with Crippen molar-refractivity contribution in [1.82, 2.24) is 5.43 Å². The maximum absolute atomic E-state index is 14.1. The van der Waals surface area contributed by atoms with Gasteiger partial charge in [0, 0.05) is 31.0 Å². The van der Waals surface area contributed by atoms with E-state index in [0.717, 1.165) is 17.0 Å². The molecule has 12 heteroatoms. The van der Waals surface area contributed by atoms with E-state index in [9.17, 15) is 27.6 Å². The van der Waals surface area contributed by atoms with Crippen molar-refractivity contribution in [2.24, 2.45) is 10.8 Å². The Kier molecular flexibility index (Phi) is 8.08. The molecule has 3 amide bonds. The number of carbonyl (C=O) groups is 3. The van der Waals surface area contributed by atoms with Crippen molar-refractivity contribution in [1.29, 1.82) is 0 Å². The van der Waals surface area contributed by atoms with E-state index in [-0.39, 0.29) is 35.5 Å². The molecular weight excluding hydrogens is 529 g/mol. The number of alkyl halides is 3. The van der Waals surface area contributed by atoms with Gasteiger partial charge in [-0.2, -0.15) is 18.3 Å². The highest BCUT2D eigenvalue weighted by Crippen LogP contribution is 2.47. The third-order valence-electron chi connectivity index (χ3n) is 6.21. The van der Waals surface area contributed by atoms with E-state index in [0.29, 0.717) is 17.1 Å². The van der Waals surface area contributed by atoms with Crippen molar-refractivity contribution in [2.75, 3.05) is 19.1 Å². The summed E-state index contributed by atoms with van der Waals surface area (Å²) in [7, 11) is 2.81. The average molecular weight is 555 g/mol. The van der Waals surface area contributed by atoms with Crippen molar-refractivity contribution in [3.05, 3.63) is 83.4 Å². The molecule has 3 aromatic rings. The Hall–Kier alpha value is -4.87. The number of nitrogens with one attached hydrogen (secondary N) is 1. The van der Waals surface area contributed by atoms with E-state index in [2.05, 4.69) is 10.5 Å². The van der Waals surface area contributed by atoms with E-state index in [1.165, 1.54) is 32.4 Å². The van der Waals surface area contributed by atoms with Crippen LogP contribution in [0.25, 0.3) is 0 Å². The van der Waals surface area contributed by atoms with Crippen LogP contribution in [-0.4, -0.2) is 37.7 Å². The maximum Gasteiger partial charge on any atom is 0.416 e. The van der Waals surface area contributed by atoms with Crippen LogP contribution in [0, 0.1) is 0 Å². The molecule has 1 unspecified atom stereocenters. The summed E-state index contributed by atoms with van der Waals surface area (Å²) in [5.41, 5.74) is 7.49. The third-order valence-corrected chi connectivity index (χ3v) is 6.21. The maximum atomic E-state index is 14.1. The number of amides is 3. The van der Waals surface area contributed by atoms with E-state index in [1.54, 1.807) is 36.4 Å². The number of halogens is 3. The molecule has 1 aliphatic heterocycles. The van der Waals surface area contributed by atoms with Crippen LogP contribution in [0.5, 0.6) is 11.5 Å². The minimum atomic E-state index is -4.67. The number of benzene rings is 3. The molecule has 0 radical (unpaired) electrons. The first-order chi connectivity index (χ1) is 19.0. The second kappa shape index (κ2) is 11.5. The number of nitrogens with two attached hydrogens (primary N) is 1. The van der Waals surface area contributed by atoms with Crippen LogP contribution in [0.15, 0.2) is 71.8 Å². The van der Waals surface area contributed by atoms with Crippen LogP contribution >= 0.6 is 0 Å². The molecule has 1 heterocycles. The predicted molar refractivity (Wildman–Crippen MR) is 140 cm³/mol. The Balaban J connectivity index is 1.88. The van der Waals surface area contributed by atoms with Crippen molar-refractivity contribution < 1.29 is 37.0 Å². The zero-order valence-electron chi connectivity index (χ0n) is 21.5. The fourth-order valence-corrected chi connectivity index (χ4v) is 4.31. The molecule has 0 bridgehead atoms. The Morgan fingerprint density at radius 1 is 0.975 bits per heavy atom. The number of methoxy groups -OCH3 is 2. The zero-order valence-corrected chi connectivity index (χ0v) is 21.5. The highest BCUT2D eigenvalue weighted by molar-refractivity contribution is 6.26. The van der Waals surface area contributed by atoms with Crippen molar-refractivity contribution >= 4 is 34.8 Å². The standard InChI is InChI=1S/C28H25F3N4O5/c1-39-19-13-18(14-20(15-19)40-2)35-22-12-17(28(29,30)31)8-9-21(22)25(27(35)38)26(16-6-4-3-5-7-16)34-33-24(37)11-10-23(32)36/h3-9,12-15,25H,10-11H2,1-2H3,(H2,32,36)(H,33,37)/b34-26-. The molecule has 0 saturated carbocycles. The summed E-state index contributed by atoms with van der Waals surface area (Å²) in [6.45, 7) is 0. The van der Waals surface area contributed by atoms with Crippen LogP contribution in [-0.2, 0) is 20.6 Å². The highest BCUT2D eigenvalue weighted by Gasteiger charge is 2.44. The number of fused-ring (bicyclic) bond motifs is 1. The lowest BCUT2D eigenvalue weighted by molar-refractivity contribution is -0.137. The van der Waals surface area contributed by atoms with Gasteiger partial charge >= 0.3 is 6.18 Å². The molecule has 0 fully saturated rings. The minimum absolute atomic E-state index is 0.0104. The third kappa shape index (κ3) is 5.90. The van der Waals surface area contributed by atoms with Crippen LogP contribution in [0.4, 0.5) is 24.5 Å². The summed E-state index contributed by atoms with van der Waals surface area (Å²) >= 11 is 0. The SMILES string of the molecule is COc1cc(OC)cc(N2C(=O)C(/C(=N\NC(=O)CCC(N)=O)c3ccccc3)c3ccc(C(F)(F)F)cc32)c1. The summed E-state index contributed by atoms with van der Waals surface area (Å²) in [4.78, 5) is 38.7. The lowest BCUT2D eigenvalue weighted by Crippen LogP contribution is -2.30. The quantitative estimate of drug-likeness (QED) is 0.302. The van der Waals surface area contributed by atoms with E-state index >= 15 is 0 Å². The smallest absolute Gasteiger partial charge is 0.416 e. The largest absolute Gasteiger partial charge is 0.497 e. The minimum Gasteiger partial charge on any atom is -0.497 e. The van der Waals surface area contributed by atoms with E-state index in [1.807, 2.05) is 0 Å². The number of primary amides is 1. The summed E-state index contributed by atoms with van der Waals surface area (Å²) < 4.78 is 51.8. The molecule has 0 aromatic heterocycles. The molecule has 3 aromatic carbocycles. The Bertz CT molecular complexity index is 1450. The first-order valence-electron chi connectivity index (χ1n) is 12.0. The van der Waals surface area contributed by atoms with Crippen LogP contribution in [0.2, 0.25) is 0 Å². The van der Waals surface area contributed by atoms with Gasteiger partial charge in [-0.05, 0) is 23.3 Å². The number of carbonyl (C=O) groups excluding carboxylic acids is 3. The van der Waals surface area contributed by atoms with Crippen molar-refractivity contribution in [3.8, 4) is 11.5 Å². The molecule has 3 N–H and O–H groups in total. The lowest BCUT2D eigenvalue weighted by atomic mass is 9.90. The number of anilines is 2. The number of hydrazone groups is 1. The highest BCUT2D eigenvalue weighted by atomic mass is 19.4. The Morgan fingerprint density at radius 2 is 1.62 bits per heavy atom. The Morgan fingerprint density at radius 3 is 2.20 bits per heavy atom. The van der Waals surface area contributed by atoms with E-state index in [4.69, 9.17) is 15.2 Å². The molecule has 1 aliphatic rings. The summed E-state index contributed by atoms with van der Waals surface area (Å²) in [6.07, 6.45) is -5.11. The van der Waals surface area contributed by atoms with Gasteiger partial charge in [-0.3, -0.25) is 19.3 Å². The van der Waals surface area contributed by atoms with Crippen LogP contribution in [0.1, 0.15) is 35.4 Å². The van der Waals surface area contributed by atoms with Gasteiger partial charge in [-0.25, -0.2) is 5.43 Å². The van der Waals surface area contributed by atoms with Crippen molar-refractivity contribution in [3.63, 3.8) is 0 Å². The summed E-state index contributed by atoms with van der Waals surface area (Å²) in [5, 5.41) is 4.22. The van der Waals surface area contributed by atoms with Gasteiger partial charge in [-0.1, -0.05) is 36.4 Å². The summed E-state index contributed by atoms with van der Waals surface area (Å²) in [6, 6.07) is 16.0. The van der Waals surface area contributed by atoms with Gasteiger partial charge < -0.3 is 15.2 Å². The topological polar surface area (TPSA) is 123 Å². The number of hydrogen-bond acceptors (Lipinski definition) is 6. The van der Waals surface area contributed by atoms with Gasteiger partial charge in [0.25, 0.3) is 0 Å². The zero-order chi connectivity index (χ0) is 29.0. The molecule has 0 aliphatic carbocycles. The molecule has 1 atom stereocenters. The Labute approximate surface area is 227 Å². The van der Waals surface area contributed by atoms with Gasteiger partial charge in [0.15, 0.2) is 0 Å². The first-order valence-corrected chi connectivity index (χ1v) is 12.0. The molecule has 0 saturated heterocycles. The second-order valence-corrected chi connectivity index (χ2v) is 8.81. The lowest BCUT2D eigenvalue weighted by Gasteiger charge is -2.21. The number of nitrogens with zero attached hydrogens (tertiary/aromatic N) is 2. The first kappa shape index (κ1) is 28.1. The molecule has 40 heavy (non-hydrogen) atoms. The number of hydrogen-bond donors (Lipinski definition) is 2. The summed E-state index contributed by atoms with van der Waals surface area (Å²) in [5.74, 6) is -2.46. The number of ether oxygens (including phenoxy) is 2. The fourth-order valence-electron chi connectivity index (χ4n) is 4.31. The number of rotatable bonds is 9. The molecule has 208 valence electrons. The van der Waals surface area contributed by atoms with Crippen LogP contribution < -0.4 is 25.5 Å². The monoisotopic (exact) mass is 554 g/mol. The molecule has 4 rings (SSSR count). The molecule has 0 spiro atoms. The van der Waals surface area contributed by atoms with Crippen molar-refractivity contribution in [2.45, 2.75) is 24.9 Å². The van der Waals surface area contributed by atoms with Gasteiger partial charge in [0.1, 0.15) is 17.4 Å². The molecular formula is C28H25F3N4O5. The van der Waals surface area contributed by atoms with Gasteiger partial charge in [0.05, 0.1) is 36.9 Å². The normalized spacial score (nSPS) is 15.0. The van der Waals surface area contributed by atoms with Gasteiger partial charge in [0.2, 0.25) is 17.7 Å².